The molecule has 8 nitrogen and oxygen atoms in total. The average Bonchev–Trinajstić information content (AvgIpc) is 2.57. The average molecular weight is 350 g/mol. The van der Waals surface area contributed by atoms with E-state index < -0.39 is 30.9 Å². The monoisotopic (exact) mass is 350 g/mol. The molecule has 2 atom stereocenters. The summed E-state index contributed by atoms with van der Waals surface area (Å²) in [4.78, 5) is 32.5. The Kier molecular flexibility index (Phi) is 9.08. The van der Waals surface area contributed by atoms with Crippen molar-refractivity contribution in [2.45, 2.75) is 58.4 Å². The zero-order chi connectivity index (χ0) is 18.8. The van der Waals surface area contributed by atoms with E-state index in [1.54, 1.807) is 0 Å². The van der Waals surface area contributed by atoms with Crippen LogP contribution in [0.4, 0.5) is 0 Å². The van der Waals surface area contributed by atoms with Crippen LogP contribution in [-0.4, -0.2) is 50.9 Å². The summed E-state index contributed by atoms with van der Waals surface area (Å²) in [5, 5.41) is 24.2. The maximum atomic E-state index is 12.5. The number of unbranched alkanes of at least 4 members (excludes halogenated alkanes) is 1. The molecule has 1 aromatic rings. The molecule has 9 heteroatoms. The van der Waals surface area contributed by atoms with Crippen LogP contribution in [0.2, 0.25) is 0 Å². The molecule has 0 aromatic carbocycles. The predicted molar refractivity (Wildman–Crippen MR) is 94.4 cm³/mol. The molecule has 0 radical (unpaired) electrons. The first-order valence-corrected chi connectivity index (χ1v) is 8.58. The highest BCUT2D eigenvalue weighted by Crippen LogP contribution is 2.08. The van der Waals surface area contributed by atoms with E-state index in [1.165, 1.54) is 18.6 Å². The summed E-state index contributed by atoms with van der Waals surface area (Å²) in [6.07, 6.45) is 6.65. The van der Waals surface area contributed by atoms with Crippen molar-refractivity contribution in [1.82, 2.24) is 20.6 Å². The van der Waals surface area contributed by atoms with E-state index >= 15 is 0 Å². The van der Waals surface area contributed by atoms with E-state index in [-0.39, 0.29) is 11.6 Å². The number of hydrogen-bond donors (Lipinski definition) is 4. The van der Waals surface area contributed by atoms with Crippen molar-refractivity contribution in [3.8, 4) is 0 Å². The fourth-order valence-corrected chi connectivity index (χ4v) is 2.37. The van der Waals surface area contributed by atoms with Crippen molar-refractivity contribution >= 4 is 18.9 Å². The third-order valence-corrected chi connectivity index (χ3v) is 3.68. The van der Waals surface area contributed by atoms with Gasteiger partial charge in [-0.2, -0.15) is 0 Å². The Balaban J connectivity index is 2.78. The zero-order valence-electron chi connectivity index (χ0n) is 15.0. The second-order valence-corrected chi connectivity index (χ2v) is 6.42. The molecule has 2 amide bonds. The SMILES string of the molecule is CCCCC(NC(=O)c1cnccn1)C(=O)NC(CC(C)C)B(O)O. The lowest BCUT2D eigenvalue weighted by Crippen LogP contribution is -2.54. The fourth-order valence-electron chi connectivity index (χ4n) is 2.37. The largest absolute Gasteiger partial charge is 0.475 e. The van der Waals surface area contributed by atoms with Crippen LogP contribution in [0.15, 0.2) is 18.6 Å². The molecule has 0 saturated carbocycles. The van der Waals surface area contributed by atoms with Crippen LogP contribution in [0.5, 0.6) is 0 Å². The second kappa shape index (κ2) is 10.8. The molecule has 1 heterocycles. The normalized spacial score (nSPS) is 13.2. The molecule has 0 aliphatic heterocycles. The molecule has 138 valence electrons. The van der Waals surface area contributed by atoms with Crippen molar-refractivity contribution in [2.24, 2.45) is 5.92 Å². The maximum Gasteiger partial charge on any atom is 0.475 e. The summed E-state index contributed by atoms with van der Waals surface area (Å²) in [5.74, 6) is -1.54. The van der Waals surface area contributed by atoms with Gasteiger partial charge in [0.05, 0.1) is 12.1 Å². The Labute approximate surface area is 148 Å². The Bertz CT molecular complexity index is 542. The molecule has 0 fully saturated rings. The number of aromatic nitrogens is 2. The third kappa shape index (κ3) is 7.62. The number of carbonyl (C=O) groups is 2. The predicted octanol–water partition coefficient (Wildman–Crippen LogP) is 0.308. The third-order valence-electron chi connectivity index (χ3n) is 3.68. The van der Waals surface area contributed by atoms with Gasteiger partial charge in [-0.15, -0.1) is 0 Å². The molecule has 4 N–H and O–H groups in total. The highest BCUT2D eigenvalue weighted by atomic mass is 16.4. The minimum Gasteiger partial charge on any atom is -0.426 e. The lowest BCUT2D eigenvalue weighted by atomic mass is 9.75. The quantitative estimate of drug-likeness (QED) is 0.450. The molecule has 1 rings (SSSR count). The van der Waals surface area contributed by atoms with Gasteiger partial charge in [0, 0.05) is 12.4 Å². The van der Waals surface area contributed by atoms with Gasteiger partial charge in [0.2, 0.25) is 5.91 Å². The van der Waals surface area contributed by atoms with Gasteiger partial charge in [0.25, 0.3) is 5.91 Å². The minimum absolute atomic E-state index is 0.123. The number of carbonyl (C=O) groups excluding carboxylic acids is 2. The number of nitrogens with one attached hydrogen (secondary N) is 2. The number of rotatable bonds is 10. The summed E-state index contributed by atoms with van der Waals surface area (Å²) < 4.78 is 0. The molecule has 0 aliphatic carbocycles. The topological polar surface area (TPSA) is 124 Å². The number of hydrogen-bond acceptors (Lipinski definition) is 6. The summed E-state index contributed by atoms with van der Waals surface area (Å²) >= 11 is 0. The smallest absolute Gasteiger partial charge is 0.426 e. The highest BCUT2D eigenvalue weighted by Gasteiger charge is 2.29. The summed E-state index contributed by atoms with van der Waals surface area (Å²) in [7, 11) is -1.66. The Morgan fingerprint density at radius 1 is 1.24 bits per heavy atom. The van der Waals surface area contributed by atoms with Gasteiger partial charge in [0.1, 0.15) is 11.7 Å². The molecule has 0 aliphatic rings. The molecule has 1 aromatic heterocycles. The lowest BCUT2D eigenvalue weighted by molar-refractivity contribution is -0.123. The van der Waals surface area contributed by atoms with E-state index in [9.17, 15) is 19.6 Å². The molecule has 0 bridgehead atoms. The van der Waals surface area contributed by atoms with E-state index in [1.807, 2.05) is 20.8 Å². The number of amides is 2. The van der Waals surface area contributed by atoms with Crippen LogP contribution in [-0.2, 0) is 4.79 Å². The van der Waals surface area contributed by atoms with Crippen LogP contribution >= 0.6 is 0 Å². The lowest BCUT2D eigenvalue weighted by Gasteiger charge is -2.24. The Morgan fingerprint density at radius 2 is 1.96 bits per heavy atom. The molecular weight excluding hydrogens is 323 g/mol. The van der Waals surface area contributed by atoms with Crippen LogP contribution in [0.25, 0.3) is 0 Å². The van der Waals surface area contributed by atoms with Crippen LogP contribution < -0.4 is 10.6 Å². The van der Waals surface area contributed by atoms with Crippen molar-refractivity contribution in [2.75, 3.05) is 0 Å². The van der Waals surface area contributed by atoms with Crippen molar-refractivity contribution in [3.63, 3.8) is 0 Å². The summed E-state index contributed by atoms with van der Waals surface area (Å²) in [6, 6.07) is -0.775. The van der Waals surface area contributed by atoms with Crippen molar-refractivity contribution in [3.05, 3.63) is 24.3 Å². The van der Waals surface area contributed by atoms with E-state index in [0.717, 1.165) is 12.8 Å². The van der Waals surface area contributed by atoms with Crippen molar-refractivity contribution in [1.29, 1.82) is 0 Å². The summed E-state index contributed by atoms with van der Waals surface area (Å²) in [5.41, 5.74) is 0.123. The standard InChI is InChI=1S/C16H27BN4O4/c1-4-5-6-12(20-16(23)13-10-18-7-8-19-13)15(22)21-14(17(24)25)9-11(2)3/h7-8,10-12,14,24-25H,4-6,9H2,1-3H3,(H,20,23)(H,21,22). The first-order valence-electron chi connectivity index (χ1n) is 8.58. The molecule has 0 spiro atoms. The van der Waals surface area contributed by atoms with Crippen LogP contribution in [0.3, 0.4) is 0 Å². The van der Waals surface area contributed by atoms with Gasteiger partial charge in [0.15, 0.2) is 0 Å². The first kappa shape index (κ1) is 21.0. The van der Waals surface area contributed by atoms with Crippen LogP contribution in [0.1, 0.15) is 56.9 Å². The Morgan fingerprint density at radius 3 is 2.48 bits per heavy atom. The van der Waals surface area contributed by atoms with Gasteiger partial charge >= 0.3 is 7.12 Å². The maximum absolute atomic E-state index is 12.5. The van der Waals surface area contributed by atoms with Gasteiger partial charge in [-0.05, 0) is 18.8 Å². The van der Waals surface area contributed by atoms with Gasteiger partial charge in [-0.1, -0.05) is 33.6 Å². The second-order valence-electron chi connectivity index (χ2n) is 6.42. The van der Waals surface area contributed by atoms with E-state index in [0.29, 0.717) is 12.8 Å². The molecule has 25 heavy (non-hydrogen) atoms. The van der Waals surface area contributed by atoms with Gasteiger partial charge < -0.3 is 20.7 Å². The zero-order valence-corrected chi connectivity index (χ0v) is 15.0. The minimum atomic E-state index is -1.66. The van der Waals surface area contributed by atoms with Gasteiger partial charge in [-0.3, -0.25) is 14.6 Å². The van der Waals surface area contributed by atoms with E-state index in [4.69, 9.17) is 0 Å². The number of nitrogens with zero attached hydrogens (tertiary/aromatic N) is 2. The van der Waals surface area contributed by atoms with Crippen LogP contribution in [0, 0.1) is 5.92 Å². The summed E-state index contributed by atoms with van der Waals surface area (Å²) in [6.45, 7) is 5.83. The van der Waals surface area contributed by atoms with E-state index in [2.05, 4.69) is 20.6 Å². The fraction of sp³-hybridized carbons (Fsp3) is 0.625. The molecule has 0 saturated heterocycles. The molecular formula is C16H27BN4O4. The Hall–Kier alpha value is -2.00. The van der Waals surface area contributed by atoms with Crippen molar-refractivity contribution < 1.29 is 19.6 Å². The van der Waals surface area contributed by atoms with Gasteiger partial charge in [-0.25, -0.2) is 4.98 Å². The highest BCUT2D eigenvalue weighted by molar-refractivity contribution is 6.43. The first-order chi connectivity index (χ1) is 11.8. The molecule has 2 unspecified atom stereocenters.